The van der Waals surface area contributed by atoms with Gasteiger partial charge >= 0.3 is 9.24 Å². The van der Waals surface area contributed by atoms with Gasteiger partial charge in [-0.05, 0) is 0 Å². The van der Waals surface area contributed by atoms with Crippen LogP contribution in [-0.2, 0) is 9.24 Å². The number of halogens is 1. The molecule has 0 unspecified atom stereocenters. The van der Waals surface area contributed by atoms with Crippen molar-refractivity contribution in [1.29, 1.82) is 0 Å². The highest BCUT2D eigenvalue weighted by molar-refractivity contribution is 8.12. The Labute approximate surface area is 58.7 Å². The van der Waals surface area contributed by atoms with E-state index in [1.807, 2.05) is 0 Å². The summed E-state index contributed by atoms with van der Waals surface area (Å²) in [5, 5.41) is 0. The first-order chi connectivity index (χ1) is 3.92. The molecule has 6 heteroatoms. The first-order valence-corrected chi connectivity index (χ1v) is 4.35. The Morgan fingerprint density at radius 2 is 2.00 bits per heavy atom. The van der Waals surface area contributed by atoms with Crippen molar-refractivity contribution >= 4 is 26.3 Å². The lowest BCUT2D eigenvalue weighted by atomic mass is 11.0. The molecule has 9 heavy (non-hydrogen) atoms. The maximum Gasteiger partial charge on any atom is 0.341 e. The van der Waals surface area contributed by atoms with Crippen molar-refractivity contribution in [2.75, 3.05) is 14.1 Å². The molecule has 0 rings (SSSR count). The molecule has 0 atom stereocenters. The van der Waals surface area contributed by atoms with Crippen LogP contribution in [0, 0.1) is 0 Å². The van der Waals surface area contributed by atoms with E-state index in [1.54, 1.807) is 14.1 Å². The van der Waals surface area contributed by atoms with Crippen molar-refractivity contribution in [2.24, 2.45) is 4.40 Å². The van der Waals surface area contributed by atoms with Gasteiger partial charge in [-0.25, -0.2) is 0 Å². The zero-order valence-electron chi connectivity index (χ0n) is 5.07. The van der Waals surface area contributed by atoms with Crippen molar-refractivity contribution in [3.8, 4) is 0 Å². The molecule has 0 radical (unpaired) electrons. The molecule has 0 bridgehead atoms. The molecule has 0 spiro atoms. The summed E-state index contributed by atoms with van der Waals surface area (Å²) in [7, 11) is 4.29. The second-order valence-electron chi connectivity index (χ2n) is 1.60. The summed E-state index contributed by atoms with van der Waals surface area (Å²) >= 11 is 0. The van der Waals surface area contributed by atoms with Gasteiger partial charge in [0, 0.05) is 24.8 Å². The van der Waals surface area contributed by atoms with Crippen molar-refractivity contribution in [1.82, 2.24) is 4.90 Å². The van der Waals surface area contributed by atoms with E-state index < -0.39 is 9.24 Å². The summed E-state index contributed by atoms with van der Waals surface area (Å²) in [5.74, 6) is 0. The number of rotatable bonds is 2. The van der Waals surface area contributed by atoms with Crippen LogP contribution < -0.4 is 0 Å². The average Bonchev–Trinajstić information content (AvgIpc) is 1.59. The third kappa shape index (κ3) is 7.71. The maximum absolute atomic E-state index is 10.1. The predicted octanol–water partition coefficient (Wildman–Crippen LogP) is 0.0599. The van der Waals surface area contributed by atoms with Gasteiger partial charge in [0.15, 0.2) is 0 Å². The lowest BCUT2D eigenvalue weighted by Crippen LogP contribution is -2.08. The monoisotopic (exact) mass is 170 g/mol. The summed E-state index contributed by atoms with van der Waals surface area (Å²) in [6, 6.07) is 0. The Bertz CT molecular complexity index is 196. The first kappa shape index (κ1) is 8.71. The fourth-order valence-corrected chi connectivity index (χ4v) is 0.559. The summed E-state index contributed by atoms with van der Waals surface area (Å²) < 4.78 is 23.1. The number of nitrogens with zero attached hydrogens (tertiary/aromatic N) is 2. The molecule has 0 heterocycles. The third-order valence-electron chi connectivity index (χ3n) is 0.404. The first-order valence-electron chi connectivity index (χ1n) is 2.08. The highest BCUT2D eigenvalue weighted by Crippen LogP contribution is 1.94. The summed E-state index contributed by atoms with van der Waals surface area (Å²) in [4.78, 5) is 1.47. The summed E-state index contributed by atoms with van der Waals surface area (Å²) in [6.07, 6.45) is 1.11. The third-order valence-corrected chi connectivity index (χ3v) is 0.989. The highest BCUT2D eigenvalue weighted by Gasteiger charge is 1.95. The molecule has 54 valence electrons. The van der Waals surface area contributed by atoms with E-state index >= 15 is 0 Å². The zero-order chi connectivity index (χ0) is 7.49. The van der Waals surface area contributed by atoms with Crippen LogP contribution in [0.3, 0.4) is 0 Å². The normalized spacial score (nSPS) is 12.3. The second kappa shape index (κ2) is 3.03. The molecule has 0 fully saturated rings. The van der Waals surface area contributed by atoms with E-state index in [4.69, 9.17) is 10.7 Å². The SMILES string of the molecule is CN(C)/C=N/S(=O)(=O)Cl. The van der Waals surface area contributed by atoms with Gasteiger partial charge in [-0.3, -0.25) is 0 Å². The molecule has 0 aliphatic heterocycles. The Morgan fingerprint density at radius 3 is 2.11 bits per heavy atom. The lowest BCUT2D eigenvalue weighted by molar-refractivity contribution is 0.607. The van der Waals surface area contributed by atoms with E-state index in [0.29, 0.717) is 0 Å². The van der Waals surface area contributed by atoms with Gasteiger partial charge in [0.25, 0.3) is 0 Å². The summed E-state index contributed by atoms with van der Waals surface area (Å²) in [5.41, 5.74) is 0. The van der Waals surface area contributed by atoms with Crippen LogP contribution in [0.15, 0.2) is 4.40 Å². The Balaban J connectivity index is 4.03. The van der Waals surface area contributed by atoms with Crippen LogP contribution in [0.5, 0.6) is 0 Å². The minimum Gasteiger partial charge on any atom is -0.368 e. The second-order valence-corrected chi connectivity index (χ2v) is 3.80. The van der Waals surface area contributed by atoms with E-state index in [2.05, 4.69) is 4.40 Å². The standard InChI is InChI=1S/C3H7ClN2O2S/c1-6(2)3-5-9(4,7)8/h3H,1-2H3/b5-3+. The van der Waals surface area contributed by atoms with Crippen molar-refractivity contribution in [2.45, 2.75) is 0 Å². The average molecular weight is 171 g/mol. The van der Waals surface area contributed by atoms with Gasteiger partial charge in [-0.2, -0.15) is 8.42 Å². The Morgan fingerprint density at radius 1 is 1.56 bits per heavy atom. The van der Waals surface area contributed by atoms with Crippen LogP contribution in [-0.4, -0.2) is 33.8 Å². The molecule has 4 nitrogen and oxygen atoms in total. The fourth-order valence-electron chi connectivity index (χ4n) is 0.151. The highest BCUT2D eigenvalue weighted by atomic mass is 35.7. The van der Waals surface area contributed by atoms with E-state index in [0.717, 1.165) is 6.34 Å². The molecule has 0 saturated carbocycles. The van der Waals surface area contributed by atoms with Gasteiger partial charge in [0.1, 0.15) is 6.34 Å². The van der Waals surface area contributed by atoms with Gasteiger partial charge in [-0.15, -0.1) is 4.40 Å². The van der Waals surface area contributed by atoms with Crippen molar-refractivity contribution < 1.29 is 8.42 Å². The van der Waals surface area contributed by atoms with Gasteiger partial charge in [0.05, 0.1) is 0 Å². The molecule has 0 aliphatic rings. The molecule has 0 aromatic carbocycles. The molecule has 0 aromatic heterocycles. The largest absolute Gasteiger partial charge is 0.368 e. The molecule has 0 amide bonds. The van der Waals surface area contributed by atoms with Crippen molar-refractivity contribution in [3.63, 3.8) is 0 Å². The van der Waals surface area contributed by atoms with Gasteiger partial charge < -0.3 is 4.90 Å². The zero-order valence-corrected chi connectivity index (χ0v) is 6.65. The fraction of sp³-hybridized carbons (Fsp3) is 0.667. The van der Waals surface area contributed by atoms with Crippen LogP contribution in [0.4, 0.5) is 0 Å². The van der Waals surface area contributed by atoms with Gasteiger partial charge in [0.2, 0.25) is 0 Å². The molecule has 0 saturated heterocycles. The molecule has 0 N–H and O–H groups in total. The molecule has 0 aromatic rings. The topological polar surface area (TPSA) is 49.7 Å². The number of hydrogen-bond donors (Lipinski definition) is 0. The van der Waals surface area contributed by atoms with E-state index in [1.165, 1.54) is 4.90 Å². The van der Waals surface area contributed by atoms with Crippen LogP contribution in [0.2, 0.25) is 0 Å². The quantitative estimate of drug-likeness (QED) is 0.335. The lowest BCUT2D eigenvalue weighted by Gasteiger charge is -1.99. The minimum atomic E-state index is -3.72. The Hall–Kier alpha value is -0.290. The minimum absolute atomic E-state index is 1.11. The molecule has 0 aliphatic carbocycles. The smallest absolute Gasteiger partial charge is 0.341 e. The molecular weight excluding hydrogens is 164 g/mol. The van der Waals surface area contributed by atoms with Crippen molar-refractivity contribution in [3.05, 3.63) is 0 Å². The van der Waals surface area contributed by atoms with Gasteiger partial charge in [-0.1, -0.05) is 0 Å². The summed E-state index contributed by atoms with van der Waals surface area (Å²) in [6.45, 7) is 0. The maximum atomic E-state index is 10.1. The van der Waals surface area contributed by atoms with Crippen LogP contribution in [0.1, 0.15) is 0 Å². The van der Waals surface area contributed by atoms with E-state index in [-0.39, 0.29) is 0 Å². The predicted molar refractivity (Wildman–Crippen MR) is 37.0 cm³/mol. The number of hydrogen-bond acceptors (Lipinski definition) is 2. The van der Waals surface area contributed by atoms with E-state index in [9.17, 15) is 8.42 Å². The Kier molecular flexibility index (Phi) is 2.93. The molecular formula is C3H7ClN2O2S. The van der Waals surface area contributed by atoms with Crippen LogP contribution in [0.25, 0.3) is 0 Å². The van der Waals surface area contributed by atoms with Crippen LogP contribution >= 0.6 is 10.7 Å².